The third-order valence-electron chi connectivity index (χ3n) is 5.99. The van der Waals surface area contributed by atoms with Crippen molar-refractivity contribution in [1.82, 2.24) is 0 Å². The van der Waals surface area contributed by atoms with E-state index in [1.165, 1.54) is 6.42 Å². The lowest BCUT2D eigenvalue weighted by molar-refractivity contribution is -0.139. The van der Waals surface area contributed by atoms with Crippen molar-refractivity contribution in [2.24, 2.45) is 5.92 Å². The van der Waals surface area contributed by atoms with E-state index in [0.29, 0.717) is 21.7 Å². The van der Waals surface area contributed by atoms with Crippen molar-refractivity contribution >= 4 is 50.8 Å². The van der Waals surface area contributed by atoms with Crippen LogP contribution >= 0.6 is 27.3 Å². The van der Waals surface area contributed by atoms with Gasteiger partial charge in [-0.25, -0.2) is 9.59 Å². The molecule has 0 unspecified atom stereocenters. The number of rotatable bonds is 9. The van der Waals surface area contributed by atoms with Crippen molar-refractivity contribution in [2.75, 3.05) is 18.6 Å². The van der Waals surface area contributed by atoms with Crippen LogP contribution in [0.1, 0.15) is 73.5 Å². The number of aliphatic carboxylic acids is 1. The molecule has 0 saturated heterocycles. The van der Waals surface area contributed by atoms with Gasteiger partial charge in [0, 0.05) is 19.0 Å². The first-order valence-electron chi connectivity index (χ1n) is 11.4. The quantitative estimate of drug-likeness (QED) is 0.373. The van der Waals surface area contributed by atoms with Crippen LogP contribution < -0.4 is 9.64 Å². The molecule has 1 amide bonds. The number of halogens is 1. The van der Waals surface area contributed by atoms with Gasteiger partial charge >= 0.3 is 11.9 Å². The number of hydrogen-bond donors (Lipinski definition) is 2. The van der Waals surface area contributed by atoms with Crippen LogP contribution in [0.4, 0.5) is 5.69 Å². The largest absolute Gasteiger partial charge is 0.479 e. The van der Waals surface area contributed by atoms with Crippen molar-refractivity contribution < 1.29 is 29.3 Å². The fourth-order valence-electron chi connectivity index (χ4n) is 4.45. The minimum absolute atomic E-state index is 0.00648. The highest BCUT2D eigenvalue weighted by Crippen LogP contribution is 2.50. The first kappa shape index (κ1) is 26.2. The monoisotopic (exact) mass is 551 g/mol. The molecule has 0 aliphatic heterocycles. The van der Waals surface area contributed by atoms with Gasteiger partial charge in [0.1, 0.15) is 0 Å². The maximum absolute atomic E-state index is 13.1. The summed E-state index contributed by atoms with van der Waals surface area (Å²) in [6, 6.07) is 5.88. The molecule has 1 aromatic heterocycles. The highest BCUT2D eigenvalue weighted by Gasteiger charge is 2.30. The Labute approximate surface area is 211 Å². The second-order valence-corrected chi connectivity index (χ2v) is 10.8. The van der Waals surface area contributed by atoms with E-state index in [4.69, 9.17) is 9.84 Å². The van der Waals surface area contributed by atoms with Gasteiger partial charge in [0.05, 0.1) is 15.0 Å². The summed E-state index contributed by atoms with van der Waals surface area (Å²) < 4.78 is 5.72. The first-order chi connectivity index (χ1) is 16.1. The molecule has 2 aromatic rings. The molecule has 7 nitrogen and oxygen atoms in total. The zero-order chi connectivity index (χ0) is 25.0. The molecule has 1 fully saturated rings. The van der Waals surface area contributed by atoms with Crippen molar-refractivity contribution in [3.63, 3.8) is 0 Å². The zero-order valence-corrected chi connectivity index (χ0v) is 22.0. The van der Waals surface area contributed by atoms with Crippen LogP contribution in [0.2, 0.25) is 0 Å². The molecule has 0 bridgehead atoms. The Morgan fingerprint density at radius 3 is 2.44 bits per heavy atom. The van der Waals surface area contributed by atoms with Gasteiger partial charge in [0.15, 0.2) is 17.2 Å². The number of anilines is 1. The zero-order valence-electron chi connectivity index (χ0n) is 19.6. The lowest BCUT2D eigenvalue weighted by atomic mass is 9.82. The summed E-state index contributed by atoms with van der Waals surface area (Å²) in [5, 5.41) is 18.8. The Balaban J connectivity index is 2.19. The number of benzene rings is 1. The van der Waals surface area contributed by atoms with Gasteiger partial charge < -0.3 is 19.8 Å². The van der Waals surface area contributed by atoms with Crippen LogP contribution in [0.5, 0.6) is 5.75 Å². The summed E-state index contributed by atoms with van der Waals surface area (Å²) in [5.74, 6) is -1.91. The number of ether oxygens (including phenoxy) is 1. The Morgan fingerprint density at radius 2 is 1.85 bits per heavy atom. The highest BCUT2D eigenvalue weighted by molar-refractivity contribution is 9.10. The second kappa shape index (κ2) is 11.4. The maximum atomic E-state index is 13.1. The summed E-state index contributed by atoms with van der Waals surface area (Å²) in [7, 11) is 1.78. The molecule has 0 atom stereocenters. The topological polar surface area (TPSA) is 104 Å². The van der Waals surface area contributed by atoms with Gasteiger partial charge in [-0.15, -0.1) is 11.3 Å². The molecule has 1 aliphatic carbocycles. The molecular weight excluding hydrogens is 522 g/mol. The van der Waals surface area contributed by atoms with E-state index in [1.807, 2.05) is 26.0 Å². The first-order valence-corrected chi connectivity index (χ1v) is 13.0. The smallest absolute Gasteiger partial charge is 0.349 e. The number of hydrogen-bond acceptors (Lipinski definition) is 5. The molecule has 1 heterocycles. The number of carbonyl (C=O) groups is 3. The number of carboxylic acids is 2. The fourth-order valence-corrected chi connectivity index (χ4v) is 6.35. The van der Waals surface area contributed by atoms with Gasteiger partial charge in [-0.3, -0.25) is 4.79 Å². The summed E-state index contributed by atoms with van der Waals surface area (Å²) in [6.45, 7) is 3.35. The summed E-state index contributed by atoms with van der Waals surface area (Å²) in [4.78, 5) is 38.3. The standard InChI is InChI=1S/C25H30BrNO6S/c1-14(2)12-18(28)27(3)21-16(15-8-5-4-6-9-15)10-7-11-17(21)23-20(26)22(33-13-19(29)30)24(34-23)25(31)32/h7,10-11,14-15H,4-6,8-9,12-13H2,1-3H3,(H,29,30)(H,31,32). The molecule has 1 saturated carbocycles. The minimum atomic E-state index is -1.20. The van der Waals surface area contributed by atoms with Gasteiger partial charge in [-0.1, -0.05) is 51.3 Å². The number of nitrogens with zero attached hydrogens (tertiary/aromatic N) is 1. The molecule has 9 heteroatoms. The summed E-state index contributed by atoms with van der Waals surface area (Å²) >= 11 is 4.47. The summed E-state index contributed by atoms with van der Waals surface area (Å²) in [6.07, 6.45) is 5.96. The number of carbonyl (C=O) groups excluding carboxylic acids is 1. The maximum Gasteiger partial charge on any atom is 0.349 e. The van der Waals surface area contributed by atoms with Crippen LogP contribution in [-0.4, -0.2) is 41.7 Å². The van der Waals surface area contributed by atoms with Crippen molar-refractivity contribution in [3.05, 3.63) is 33.1 Å². The summed E-state index contributed by atoms with van der Waals surface area (Å²) in [5.41, 5.74) is 2.60. The lowest BCUT2D eigenvalue weighted by Crippen LogP contribution is -2.29. The molecule has 1 aliphatic rings. The van der Waals surface area contributed by atoms with E-state index in [-0.39, 0.29) is 22.5 Å². The third-order valence-corrected chi connectivity index (χ3v) is 8.20. The molecular formula is C25H30BrNO6S. The van der Waals surface area contributed by atoms with Gasteiger partial charge in [-0.2, -0.15) is 0 Å². The number of thiophene rings is 1. The van der Waals surface area contributed by atoms with E-state index in [0.717, 1.165) is 53.8 Å². The van der Waals surface area contributed by atoms with Gasteiger partial charge in [0.25, 0.3) is 0 Å². The van der Waals surface area contributed by atoms with Gasteiger partial charge in [-0.05, 0) is 46.2 Å². The molecule has 0 spiro atoms. The Kier molecular flexibility index (Phi) is 8.76. The average Bonchev–Trinajstić information content (AvgIpc) is 3.13. The van der Waals surface area contributed by atoms with Crippen LogP contribution in [0.25, 0.3) is 10.4 Å². The number of para-hydroxylation sites is 1. The SMILES string of the molecule is CC(C)CC(=O)N(C)c1c(-c2sc(C(=O)O)c(OCC(=O)O)c2Br)cccc1C1CCCCC1. The highest BCUT2D eigenvalue weighted by atomic mass is 79.9. The number of aromatic carboxylic acids is 1. The Morgan fingerprint density at radius 1 is 1.18 bits per heavy atom. The van der Waals surface area contributed by atoms with E-state index in [1.54, 1.807) is 11.9 Å². The molecule has 3 rings (SSSR count). The fraction of sp³-hybridized carbons (Fsp3) is 0.480. The molecule has 1 aromatic carbocycles. The predicted octanol–water partition coefficient (Wildman–Crippen LogP) is 6.40. The number of carboxylic acid groups (broad SMARTS) is 2. The van der Waals surface area contributed by atoms with Crippen molar-refractivity contribution in [3.8, 4) is 16.2 Å². The number of amides is 1. The lowest BCUT2D eigenvalue weighted by Gasteiger charge is -2.30. The van der Waals surface area contributed by atoms with Crippen LogP contribution in [-0.2, 0) is 9.59 Å². The van der Waals surface area contributed by atoms with Crippen LogP contribution in [0.3, 0.4) is 0 Å². The van der Waals surface area contributed by atoms with Gasteiger partial charge in [0.2, 0.25) is 5.91 Å². The Hall–Kier alpha value is -2.39. The van der Waals surface area contributed by atoms with Crippen LogP contribution in [0, 0.1) is 5.92 Å². The predicted molar refractivity (Wildman–Crippen MR) is 136 cm³/mol. The van der Waals surface area contributed by atoms with E-state index in [9.17, 15) is 19.5 Å². The van der Waals surface area contributed by atoms with Crippen LogP contribution in [0.15, 0.2) is 22.7 Å². The molecule has 184 valence electrons. The molecule has 0 radical (unpaired) electrons. The molecule has 34 heavy (non-hydrogen) atoms. The normalized spacial score (nSPS) is 14.3. The average molecular weight is 552 g/mol. The van der Waals surface area contributed by atoms with E-state index in [2.05, 4.69) is 22.0 Å². The Bertz CT molecular complexity index is 1070. The van der Waals surface area contributed by atoms with Crippen molar-refractivity contribution in [1.29, 1.82) is 0 Å². The third kappa shape index (κ3) is 5.81. The van der Waals surface area contributed by atoms with E-state index >= 15 is 0 Å². The second-order valence-electron chi connectivity index (χ2n) is 9.02. The van der Waals surface area contributed by atoms with Crippen molar-refractivity contribution in [2.45, 2.75) is 58.3 Å². The molecule has 2 N–H and O–H groups in total. The minimum Gasteiger partial charge on any atom is -0.479 e. The van der Waals surface area contributed by atoms with E-state index < -0.39 is 18.5 Å².